The van der Waals surface area contributed by atoms with Crippen LogP contribution < -0.4 is 5.32 Å². The molecule has 0 spiro atoms. The van der Waals surface area contributed by atoms with E-state index in [2.05, 4.69) is 5.32 Å². The number of carbonyl (C=O) groups excluding carboxylic acids is 2. The Morgan fingerprint density at radius 3 is 2.41 bits per heavy atom. The minimum Gasteiger partial charge on any atom is -0.378 e. The van der Waals surface area contributed by atoms with Crippen molar-refractivity contribution >= 4 is 11.8 Å². The van der Waals surface area contributed by atoms with E-state index < -0.39 is 6.04 Å². The van der Waals surface area contributed by atoms with Gasteiger partial charge in [0.1, 0.15) is 6.04 Å². The van der Waals surface area contributed by atoms with E-state index in [1.807, 2.05) is 32.0 Å². The van der Waals surface area contributed by atoms with Gasteiger partial charge in [0.25, 0.3) is 5.91 Å². The zero-order valence-electron chi connectivity index (χ0n) is 13.2. The van der Waals surface area contributed by atoms with Crippen LogP contribution in [0.2, 0.25) is 0 Å². The van der Waals surface area contributed by atoms with Gasteiger partial charge >= 0.3 is 0 Å². The summed E-state index contributed by atoms with van der Waals surface area (Å²) in [7, 11) is 0. The van der Waals surface area contributed by atoms with Crippen molar-refractivity contribution in [1.82, 2.24) is 10.2 Å². The molecule has 1 aromatic rings. The number of benzene rings is 1. The molecule has 1 aliphatic heterocycles. The SMILES string of the molecule is CC(C)CC(NC(=O)c1ccccc1)C(=O)N1CCOCC1. The fourth-order valence-corrected chi connectivity index (χ4v) is 2.53. The molecular weight excluding hydrogens is 280 g/mol. The molecule has 1 aromatic carbocycles. The smallest absolute Gasteiger partial charge is 0.251 e. The van der Waals surface area contributed by atoms with Crippen LogP contribution >= 0.6 is 0 Å². The highest BCUT2D eigenvalue weighted by Crippen LogP contribution is 2.11. The molecule has 1 aliphatic rings. The second-order valence-corrected chi connectivity index (χ2v) is 5.96. The fourth-order valence-electron chi connectivity index (χ4n) is 2.53. The van der Waals surface area contributed by atoms with Crippen LogP contribution in [0.5, 0.6) is 0 Å². The first kappa shape index (κ1) is 16.5. The molecule has 1 saturated heterocycles. The maximum absolute atomic E-state index is 12.7. The Morgan fingerprint density at radius 2 is 1.82 bits per heavy atom. The molecule has 0 aromatic heterocycles. The van der Waals surface area contributed by atoms with Gasteiger partial charge in [-0.15, -0.1) is 0 Å². The lowest BCUT2D eigenvalue weighted by atomic mass is 10.0. The molecule has 1 N–H and O–H groups in total. The van der Waals surface area contributed by atoms with Gasteiger partial charge in [0.2, 0.25) is 5.91 Å². The highest BCUT2D eigenvalue weighted by Gasteiger charge is 2.28. The Bertz CT molecular complexity index is 496. The monoisotopic (exact) mass is 304 g/mol. The van der Waals surface area contributed by atoms with Crippen molar-refractivity contribution in [3.8, 4) is 0 Å². The minimum absolute atomic E-state index is 0.0127. The third-order valence-corrected chi connectivity index (χ3v) is 3.67. The molecule has 5 heteroatoms. The summed E-state index contributed by atoms with van der Waals surface area (Å²) in [5.41, 5.74) is 0.575. The van der Waals surface area contributed by atoms with Gasteiger partial charge in [-0.3, -0.25) is 9.59 Å². The van der Waals surface area contributed by atoms with Crippen molar-refractivity contribution < 1.29 is 14.3 Å². The third kappa shape index (κ3) is 4.56. The lowest BCUT2D eigenvalue weighted by molar-refractivity contribution is -0.137. The highest BCUT2D eigenvalue weighted by atomic mass is 16.5. The normalized spacial score (nSPS) is 16.4. The summed E-state index contributed by atoms with van der Waals surface area (Å²) in [6.45, 7) is 6.41. The van der Waals surface area contributed by atoms with Crippen molar-refractivity contribution in [1.29, 1.82) is 0 Å². The predicted octanol–water partition coefficient (Wildman–Crippen LogP) is 1.69. The molecule has 0 aliphatic carbocycles. The van der Waals surface area contributed by atoms with Gasteiger partial charge in [-0.2, -0.15) is 0 Å². The number of rotatable bonds is 5. The van der Waals surface area contributed by atoms with Crippen LogP contribution in [-0.2, 0) is 9.53 Å². The molecule has 5 nitrogen and oxygen atoms in total. The molecule has 1 heterocycles. The molecule has 1 atom stereocenters. The Morgan fingerprint density at radius 1 is 1.18 bits per heavy atom. The summed E-state index contributed by atoms with van der Waals surface area (Å²) >= 11 is 0. The first-order chi connectivity index (χ1) is 10.6. The molecule has 1 fully saturated rings. The van der Waals surface area contributed by atoms with Gasteiger partial charge in [-0.25, -0.2) is 0 Å². The maximum Gasteiger partial charge on any atom is 0.251 e. The van der Waals surface area contributed by atoms with Gasteiger partial charge in [0.05, 0.1) is 13.2 Å². The second-order valence-electron chi connectivity index (χ2n) is 5.96. The Labute approximate surface area is 131 Å². The molecule has 1 unspecified atom stereocenters. The summed E-state index contributed by atoms with van der Waals surface area (Å²) < 4.78 is 5.28. The van der Waals surface area contributed by atoms with Crippen molar-refractivity contribution in [2.75, 3.05) is 26.3 Å². The van der Waals surface area contributed by atoms with Crippen LogP contribution in [0.4, 0.5) is 0 Å². The van der Waals surface area contributed by atoms with E-state index in [0.717, 1.165) is 0 Å². The van der Waals surface area contributed by atoms with E-state index >= 15 is 0 Å². The van der Waals surface area contributed by atoms with Gasteiger partial charge in [-0.05, 0) is 24.5 Å². The maximum atomic E-state index is 12.7. The number of nitrogens with one attached hydrogen (secondary N) is 1. The number of morpholine rings is 1. The fraction of sp³-hybridized carbons (Fsp3) is 0.529. The number of amides is 2. The van der Waals surface area contributed by atoms with Gasteiger partial charge in [-0.1, -0.05) is 32.0 Å². The first-order valence-corrected chi connectivity index (χ1v) is 7.80. The lowest BCUT2D eigenvalue weighted by Crippen LogP contribution is -2.52. The lowest BCUT2D eigenvalue weighted by Gasteiger charge is -2.31. The standard InChI is InChI=1S/C17H24N2O3/c1-13(2)12-15(17(21)19-8-10-22-11-9-19)18-16(20)14-6-4-3-5-7-14/h3-7,13,15H,8-12H2,1-2H3,(H,18,20). The predicted molar refractivity (Wildman–Crippen MR) is 84.6 cm³/mol. The van der Waals surface area contributed by atoms with Crippen molar-refractivity contribution in [2.45, 2.75) is 26.3 Å². The van der Waals surface area contributed by atoms with Crippen LogP contribution in [-0.4, -0.2) is 49.1 Å². The summed E-state index contributed by atoms with van der Waals surface area (Å²) in [5, 5.41) is 2.89. The Kier molecular flexibility index (Phi) is 5.95. The highest BCUT2D eigenvalue weighted by molar-refractivity contribution is 5.97. The van der Waals surface area contributed by atoms with E-state index in [1.54, 1.807) is 17.0 Å². The van der Waals surface area contributed by atoms with Crippen molar-refractivity contribution in [2.24, 2.45) is 5.92 Å². The van der Waals surface area contributed by atoms with Gasteiger partial charge in [0.15, 0.2) is 0 Å². The van der Waals surface area contributed by atoms with Crippen LogP contribution in [0, 0.1) is 5.92 Å². The summed E-state index contributed by atoms with van der Waals surface area (Å²) in [5.74, 6) is 0.111. The van der Waals surface area contributed by atoms with Crippen LogP contribution in [0.25, 0.3) is 0 Å². The average molecular weight is 304 g/mol. The quantitative estimate of drug-likeness (QED) is 0.900. The topological polar surface area (TPSA) is 58.6 Å². The zero-order chi connectivity index (χ0) is 15.9. The van der Waals surface area contributed by atoms with Crippen LogP contribution in [0.3, 0.4) is 0 Å². The van der Waals surface area contributed by atoms with Gasteiger partial charge in [0, 0.05) is 18.7 Å². The van der Waals surface area contributed by atoms with E-state index in [0.29, 0.717) is 44.2 Å². The van der Waals surface area contributed by atoms with Gasteiger partial charge < -0.3 is 15.0 Å². The van der Waals surface area contributed by atoms with E-state index in [1.165, 1.54) is 0 Å². The van der Waals surface area contributed by atoms with E-state index in [4.69, 9.17) is 4.74 Å². The van der Waals surface area contributed by atoms with E-state index in [9.17, 15) is 9.59 Å². The average Bonchev–Trinajstić information content (AvgIpc) is 2.54. The number of hydrogen-bond acceptors (Lipinski definition) is 3. The molecule has 0 radical (unpaired) electrons. The van der Waals surface area contributed by atoms with Crippen LogP contribution in [0.1, 0.15) is 30.6 Å². The molecular formula is C17H24N2O3. The number of nitrogens with zero attached hydrogens (tertiary/aromatic N) is 1. The minimum atomic E-state index is -0.481. The molecule has 2 rings (SSSR count). The summed E-state index contributed by atoms with van der Waals surface area (Å²) in [4.78, 5) is 26.8. The molecule has 0 bridgehead atoms. The zero-order valence-corrected chi connectivity index (χ0v) is 13.2. The second kappa shape index (κ2) is 7.94. The number of ether oxygens (including phenoxy) is 1. The van der Waals surface area contributed by atoms with E-state index in [-0.39, 0.29) is 11.8 Å². The Hall–Kier alpha value is -1.88. The summed E-state index contributed by atoms with van der Waals surface area (Å²) in [6.07, 6.45) is 0.634. The van der Waals surface area contributed by atoms with Crippen molar-refractivity contribution in [3.63, 3.8) is 0 Å². The van der Waals surface area contributed by atoms with Crippen LogP contribution in [0.15, 0.2) is 30.3 Å². The third-order valence-electron chi connectivity index (χ3n) is 3.67. The Balaban J connectivity index is 2.05. The number of carbonyl (C=O) groups is 2. The largest absolute Gasteiger partial charge is 0.378 e. The summed E-state index contributed by atoms with van der Waals surface area (Å²) in [6, 6.07) is 8.51. The molecule has 120 valence electrons. The number of hydrogen-bond donors (Lipinski definition) is 1. The first-order valence-electron chi connectivity index (χ1n) is 7.80. The molecule has 22 heavy (non-hydrogen) atoms. The van der Waals surface area contributed by atoms with Crippen molar-refractivity contribution in [3.05, 3.63) is 35.9 Å². The molecule has 2 amide bonds. The molecule has 0 saturated carbocycles.